The standard InChI is InChI=1S/C20H21F5N2O3/c21-18(22)12-30-17-3-1-2-16(8-17)10-27-19(28)26-9-14-4-6-15(7-5-14)11-29-13-20(23,24)25/h1-8,18H,9-13H2,(H2,26,27,28). The van der Waals surface area contributed by atoms with E-state index in [1.54, 1.807) is 48.5 Å². The lowest BCUT2D eigenvalue weighted by Gasteiger charge is -2.10. The fourth-order valence-corrected chi connectivity index (χ4v) is 2.37. The maximum atomic E-state index is 12.2. The van der Waals surface area contributed by atoms with Crippen LogP contribution in [0, 0.1) is 0 Å². The highest BCUT2D eigenvalue weighted by molar-refractivity contribution is 5.73. The molecule has 2 aromatic rings. The number of rotatable bonds is 10. The minimum Gasteiger partial charge on any atom is -0.488 e. The zero-order valence-electron chi connectivity index (χ0n) is 15.8. The van der Waals surface area contributed by atoms with Crippen molar-refractivity contribution in [3.8, 4) is 5.75 Å². The molecular formula is C20H21F5N2O3. The summed E-state index contributed by atoms with van der Waals surface area (Å²) in [6.45, 7) is -1.78. The lowest BCUT2D eigenvalue weighted by molar-refractivity contribution is -0.176. The summed E-state index contributed by atoms with van der Waals surface area (Å²) in [4.78, 5) is 11.9. The first-order valence-corrected chi connectivity index (χ1v) is 8.95. The molecule has 2 aromatic carbocycles. The van der Waals surface area contributed by atoms with E-state index in [1.165, 1.54) is 0 Å². The first-order chi connectivity index (χ1) is 14.2. The molecule has 0 fully saturated rings. The first kappa shape index (κ1) is 23.4. The van der Waals surface area contributed by atoms with Crippen LogP contribution in [0.3, 0.4) is 0 Å². The van der Waals surface area contributed by atoms with Gasteiger partial charge in [-0.05, 0) is 28.8 Å². The molecule has 0 spiro atoms. The molecule has 0 saturated heterocycles. The molecule has 0 atom stereocenters. The van der Waals surface area contributed by atoms with Crippen molar-refractivity contribution >= 4 is 6.03 Å². The topological polar surface area (TPSA) is 59.6 Å². The van der Waals surface area contributed by atoms with E-state index in [0.29, 0.717) is 11.1 Å². The van der Waals surface area contributed by atoms with Gasteiger partial charge in [-0.25, -0.2) is 13.6 Å². The Morgan fingerprint density at radius 3 is 2.20 bits per heavy atom. The third kappa shape index (κ3) is 9.55. The quantitative estimate of drug-likeness (QED) is 0.547. The maximum Gasteiger partial charge on any atom is 0.411 e. The molecule has 30 heavy (non-hydrogen) atoms. The number of benzene rings is 2. The zero-order chi connectivity index (χ0) is 22.0. The Morgan fingerprint density at radius 2 is 1.57 bits per heavy atom. The number of carbonyl (C=O) groups is 1. The van der Waals surface area contributed by atoms with Crippen LogP contribution in [0.15, 0.2) is 48.5 Å². The molecule has 0 radical (unpaired) electrons. The van der Waals surface area contributed by atoms with Crippen LogP contribution >= 0.6 is 0 Å². The normalized spacial score (nSPS) is 11.4. The summed E-state index contributed by atoms with van der Waals surface area (Å²) in [7, 11) is 0. The summed E-state index contributed by atoms with van der Waals surface area (Å²) in [5, 5.41) is 5.28. The van der Waals surface area contributed by atoms with Gasteiger partial charge in [-0.1, -0.05) is 36.4 Å². The van der Waals surface area contributed by atoms with Crippen LogP contribution in [0.2, 0.25) is 0 Å². The predicted octanol–water partition coefficient (Wildman–Crippen LogP) is 4.41. The predicted molar refractivity (Wildman–Crippen MR) is 99.2 cm³/mol. The Labute approximate surface area is 170 Å². The molecule has 2 rings (SSSR count). The molecule has 5 nitrogen and oxygen atoms in total. The average molecular weight is 432 g/mol. The van der Waals surface area contributed by atoms with E-state index in [-0.39, 0.29) is 25.4 Å². The van der Waals surface area contributed by atoms with Crippen LogP contribution in [-0.4, -0.2) is 31.8 Å². The summed E-state index contributed by atoms with van der Waals surface area (Å²) in [6, 6.07) is 12.6. The SMILES string of the molecule is O=C(NCc1ccc(COCC(F)(F)F)cc1)NCc1cccc(OCC(F)F)c1. The van der Waals surface area contributed by atoms with Crippen molar-refractivity contribution in [2.45, 2.75) is 32.3 Å². The van der Waals surface area contributed by atoms with Crippen LogP contribution in [0.5, 0.6) is 5.75 Å². The molecule has 2 amide bonds. The summed E-state index contributed by atoms with van der Waals surface area (Å²) in [5.74, 6) is 0.286. The van der Waals surface area contributed by atoms with E-state index in [2.05, 4.69) is 15.4 Å². The second-order valence-electron chi connectivity index (χ2n) is 6.31. The molecule has 0 saturated carbocycles. The highest BCUT2D eigenvalue weighted by Gasteiger charge is 2.27. The van der Waals surface area contributed by atoms with Gasteiger partial charge in [-0.15, -0.1) is 0 Å². The number of halogens is 5. The summed E-state index contributed by atoms with van der Waals surface area (Å²) < 4.78 is 70.0. The smallest absolute Gasteiger partial charge is 0.411 e. The Kier molecular flexibility index (Phi) is 8.85. The number of amides is 2. The van der Waals surface area contributed by atoms with Crippen molar-refractivity contribution in [1.82, 2.24) is 10.6 Å². The molecule has 0 unspecified atom stereocenters. The number of nitrogens with one attached hydrogen (secondary N) is 2. The minimum atomic E-state index is -4.36. The summed E-state index contributed by atoms with van der Waals surface area (Å²) in [6.07, 6.45) is -6.93. The van der Waals surface area contributed by atoms with Gasteiger partial charge >= 0.3 is 12.2 Å². The Bertz CT molecular complexity index is 798. The third-order valence-electron chi connectivity index (χ3n) is 3.74. The van der Waals surface area contributed by atoms with Crippen molar-refractivity contribution in [2.75, 3.05) is 13.2 Å². The Hall–Kier alpha value is -2.88. The van der Waals surface area contributed by atoms with E-state index in [0.717, 1.165) is 5.56 Å². The van der Waals surface area contributed by atoms with Crippen molar-refractivity contribution in [2.24, 2.45) is 0 Å². The minimum absolute atomic E-state index is 0.159. The average Bonchev–Trinajstić information content (AvgIpc) is 2.69. The van der Waals surface area contributed by atoms with Crippen molar-refractivity contribution < 1.29 is 36.2 Å². The van der Waals surface area contributed by atoms with E-state index in [4.69, 9.17) is 4.74 Å². The molecule has 0 heterocycles. The van der Waals surface area contributed by atoms with Crippen molar-refractivity contribution in [3.63, 3.8) is 0 Å². The molecule has 0 aliphatic carbocycles. The van der Waals surface area contributed by atoms with Gasteiger partial charge in [0, 0.05) is 13.1 Å². The lowest BCUT2D eigenvalue weighted by Crippen LogP contribution is -2.34. The van der Waals surface area contributed by atoms with Crippen LogP contribution in [-0.2, 0) is 24.4 Å². The Balaban J connectivity index is 1.71. The molecule has 0 aromatic heterocycles. The van der Waals surface area contributed by atoms with Crippen molar-refractivity contribution in [3.05, 3.63) is 65.2 Å². The number of carbonyl (C=O) groups excluding carboxylic acids is 1. The summed E-state index contributed by atoms with van der Waals surface area (Å²) in [5.41, 5.74) is 2.02. The van der Waals surface area contributed by atoms with Gasteiger partial charge < -0.3 is 20.1 Å². The number of urea groups is 1. The van der Waals surface area contributed by atoms with Crippen LogP contribution in [0.4, 0.5) is 26.7 Å². The van der Waals surface area contributed by atoms with E-state index in [1.807, 2.05) is 0 Å². The number of hydrogen-bond donors (Lipinski definition) is 2. The van der Waals surface area contributed by atoms with E-state index in [9.17, 15) is 26.7 Å². The van der Waals surface area contributed by atoms with Gasteiger partial charge in [0.2, 0.25) is 0 Å². The molecule has 164 valence electrons. The van der Waals surface area contributed by atoms with E-state index < -0.39 is 31.8 Å². The lowest BCUT2D eigenvalue weighted by atomic mass is 10.1. The first-order valence-electron chi connectivity index (χ1n) is 8.95. The number of ether oxygens (including phenoxy) is 2. The summed E-state index contributed by atoms with van der Waals surface area (Å²) >= 11 is 0. The van der Waals surface area contributed by atoms with Gasteiger partial charge in [0.25, 0.3) is 6.43 Å². The van der Waals surface area contributed by atoms with Gasteiger partial charge in [0.1, 0.15) is 19.0 Å². The molecule has 2 N–H and O–H groups in total. The molecule has 0 aliphatic heterocycles. The molecule has 10 heteroatoms. The molecule has 0 aliphatic rings. The highest BCUT2D eigenvalue weighted by Crippen LogP contribution is 2.16. The second-order valence-corrected chi connectivity index (χ2v) is 6.31. The zero-order valence-corrected chi connectivity index (χ0v) is 15.8. The van der Waals surface area contributed by atoms with Crippen LogP contribution < -0.4 is 15.4 Å². The van der Waals surface area contributed by atoms with Gasteiger partial charge in [-0.2, -0.15) is 13.2 Å². The van der Waals surface area contributed by atoms with E-state index >= 15 is 0 Å². The highest BCUT2D eigenvalue weighted by atomic mass is 19.4. The van der Waals surface area contributed by atoms with Crippen LogP contribution in [0.1, 0.15) is 16.7 Å². The van der Waals surface area contributed by atoms with Crippen LogP contribution in [0.25, 0.3) is 0 Å². The number of alkyl halides is 5. The fraction of sp³-hybridized carbons (Fsp3) is 0.350. The monoisotopic (exact) mass is 432 g/mol. The van der Waals surface area contributed by atoms with Gasteiger partial charge in [0.15, 0.2) is 0 Å². The van der Waals surface area contributed by atoms with Crippen molar-refractivity contribution in [1.29, 1.82) is 0 Å². The number of hydrogen-bond acceptors (Lipinski definition) is 3. The van der Waals surface area contributed by atoms with Gasteiger partial charge in [-0.3, -0.25) is 0 Å². The fourth-order valence-electron chi connectivity index (χ4n) is 2.37. The van der Waals surface area contributed by atoms with Gasteiger partial charge in [0.05, 0.1) is 6.61 Å². The third-order valence-corrected chi connectivity index (χ3v) is 3.74. The Morgan fingerprint density at radius 1 is 0.933 bits per heavy atom. The maximum absolute atomic E-state index is 12.2. The largest absolute Gasteiger partial charge is 0.488 e. The second kappa shape index (κ2) is 11.3. The molecular weight excluding hydrogens is 411 g/mol. The molecule has 0 bridgehead atoms.